The monoisotopic (exact) mass is 391 g/mol. The average molecular weight is 391 g/mol. The van der Waals surface area contributed by atoms with E-state index in [0.29, 0.717) is 0 Å². The van der Waals surface area contributed by atoms with Crippen LogP contribution in [0.4, 0.5) is 0 Å². The molecule has 0 aromatic heterocycles. The zero-order chi connectivity index (χ0) is 19.6. The Kier molecular flexibility index (Phi) is 7.27. The van der Waals surface area contributed by atoms with Gasteiger partial charge in [0.15, 0.2) is 6.61 Å². The first-order valence-corrected chi connectivity index (χ1v) is 9.93. The number of hydrogen-bond acceptors (Lipinski definition) is 4. The molecule has 0 unspecified atom stereocenters. The third-order valence-electron chi connectivity index (χ3n) is 4.04. The van der Waals surface area contributed by atoms with Crippen LogP contribution < -0.4 is 5.32 Å². The predicted molar refractivity (Wildman–Crippen MR) is 111 cm³/mol. The number of carbonyl (C=O) groups excluding carboxylic acids is 2. The number of benzene rings is 3. The van der Waals surface area contributed by atoms with Gasteiger partial charge in [0.2, 0.25) is 0 Å². The maximum atomic E-state index is 12.4. The van der Waals surface area contributed by atoms with Crippen molar-refractivity contribution in [2.24, 2.45) is 0 Å². The SMILES string of the molecule is O=C(COC(=O)CSc1ccccc1)NC(c1ccccc1)c1ccccc1. The molecule has 142 valence electrons. The van der Waals surface area contributed by atoms with Crippen molar-refractivity contribution in [3.05, 3.63) is 102 Å². The maximum absolute atomic E-state index is 12.4. The van der Waals surface area contributed by atoms with Crippen LogP contribution in [0.2, 0.25) is 0 Å². The zero-order valence-corrected chi connectivity index (χ0v) is 16.1. The van der Waals surface area contributed by atoms with Crippen LogP contribution in [0.15, 0.2) is 95.9 Å². The molecule has 0 spiro atoms. The topological polar surface area (TPSA) is 55.4 Å². The Hall–Kier alpha value is -3.05. The third kappa shape index (κ3) is 5.99. The lowest BCUT2D eigenvalue weighted by atomic mass is 9.99. The van der Waals surface area contributed by atoms with Crippen LogP contribution >= 0.6 is 11.8 Å². The standard InChI is InChI=1S/C23H21NO3S/c25-21(16-27-22(26)17-28-20-14-8-3-9-15-20)24-23(18-10-4-1-5-11-18)19-12-6-2-7-13-19/h1-15,23H,16-17H2,(H,24,25). The van der Waals surface area contributed by atoms with Crippen LogP contribution in [0.5, 0.6) is 0 Å². The van der Waals surface area contributed by atoms with E-state index in [9.17, 15) is 9.59 Å². The summed E-state index contributed by atoms with van der Waals surface area (Å²) in [6, 6.07) is 28.7. The minimum Gasteiger partial charge on any atom is -0.455 e. The smallest absolute Gasteiger partial charge is 0.316 e. The number of amides is 1. The van der Waals surface area contributed by atoms with Gasteiger partial charge < -0.3 is 10.1 Å². The van der Waals surface area contributed by atoms with E-state index in [1.165, 1.54) is 11.8 Å². The van der Waals surface area contributed by atoms with Gasteiger partial charge in [-0.25, -0.2) is 0 Å². The van der Waals surface area contributed by atoms with Gasteiger partial charge in [-0.3, -0.25) is 9.59 Å². The van der Waals surface area contributed by atoms with Gasteiger partial charge in [-0.15, -0.1) is 11.8 Å². The van der Waals surface area contributed by atoms with Crippen molar-refractivity contribution >= 4 is 23.6 Å². The Morgan fingerprint density at radius 1 is 0.786 bits per heavy atom. The van der Waals surface area contributed by atoms with Crippen LogP contribution in [0.25, 0.3) is 0 Å². The minimum absolute atomic E-state index is 0.165. The summed E-state index contributed by atoms with van der Waals surface area (Å²) in [5.41, 5.74) is 1.93. The molecule has 0 aliphatic carbocycles. The fraction of sp³-hybridized carbons (Fsp3) is 0.130. The number of rotatable bonds is 8. The lowest BCUT2D eigenvalue weighted by molar-refractivity contribution is -0.146. The van der Waals surface area contributed by atoms with Gasteiger partial charge in [0.1, 0.15) is 0 Å². The highest BCUT2D eigenvalue weighted by atomic mass is 32.2. The highest BCUT2D eigenvalue weighted by molar-refractivity contribution is 8.00. The van der Waals surface area contributed by atoms with Gasteiger partial charge in [-0.2, -0.15) is 0 Å². The van der Waals surface area contributed by atoms with Crippen LogP contribution in [0, 0.1) is 0 Å². The number of nitrogens with one attached hydrogen (secondary N) is 1. The number of thioether (sulfide) groups is 1. The Bertz CT molecular complexity index is 846. The van der Waals surface area contributed by atoms with E-state index < -0.39 is 5.97 Å². The van der Waals surface area contributed by atoms with Gasteiger partial charge in [0, 0.05) is 4.90 Å². The molecular formula is C23H21NO3S. The molecule has 5 heteroatoms. The van der Waals surface area contributed by atoms with Crippen LogP contribution in [0.1, 0.15) is 17.2 Å². The lowest BCUT2D eigenvalue weighted by Gasteiger charge is -2.19. The van der Waals surface area contributed by atoms with Gasteiger partial charge in [0.05, 0.1) is 11.8 Å². The molecule has 0 aliphatic rings. The summed E-state index contributed by atoms with van der Waals surface area (Å²) < 4.78 is 5.13. The first-order valence-electron chi connectivity index (χ1n) is 8.95. The Morgan fingerprint density at radius 2 is 1.29 bits per heavy atom. The first kappa shape index (κ1) is 19.7. The molecule has 3 aromatic carbocycles. The van der Waals surface area contributed by atoms with Crippen molar-refractivity contribution in [2.75, 3.05) is 12.4 Å². The maximum Gasteiger partial charge on any atom is 0.316 e. The van der Waals surface area contributed by atoms with Gasteiger partial charge in [-0.1, -0.05) is 78.9 Å². The second-order valence-electron chi connectivity index (χ2n) is 6.08. The molecule has 0 aliphatic heterocycles. The zero-order valence-electron chi connectivity index (χ0n) is 15.3. The van der Waals surface area contributed by atoms with Crippen molar-refractivity contribution in [3.8, 4) is 0 Å². The number of hydrogen-bond donors (Lipinski definition) is 1. The summed E-state index contributed by atoms with van der Waals surface area (Å²) >= 11 is 1.38. The van der Waals surface area contributed by atoms with Crippen molar-refractivity contribution in [2.45, 2.75) is 10.9 Å². The van der Waals surface area contributed by atoms with E-state index in [0.717, 1.165) is 16.0 Å². The fourth-order valence-corrected chi connectivity index (χ4v) is 3.42. The van der Waals surface area contributed by atoms with Crippen LogP contribution in [-0.2, 0) is 14.3 Å². The largest absolute Gasteiger partial charge is 0.455 e. The van der Waals surface area contributed by atoms with Crippen LogP contribution in [-0.4, -0.2) is 24.2 Å². The van der Waals surface area contributed by atoms with Crippen molar-refractivity contribution in [3.63, 3.8) is 0 Å². The van der Waals surface area contributed by atoms with Gasteiger partial charge in [-0.05, 0) is 23.3 Å². The summed E-state index contributed by atoms with van der Waals surface area (Å²) in [5, 5.41) is 2.96. The predicted octanol–water partition coefficient (Wildman–Crippen LogP) is 4.23. The molecule has 28 heavy (non-hydrogen) atoms. The lowest BCUT2D eigenvalue weighted by Crippen LogP contribution is -2.33. The molecule has 0 saturated heterocycles. The first-order chi connectivity index (χ1) is 13.7. The minimum atomic E-state index is -0.417. The second kappa shape index (κ2) is 10.3. The molecule has 0 bridgehead atoms. The van der Waals surface area contributed by atoms with Gasteiger partial charge >= 0.3 is 5.97 Å². The van der Waals surface area contributed by atoms with Crippen molar-refractivity contribution in [1.29, 1.82) is 0 Å². The molecule has 3 rings (SSSR count). The van der Waals surface area contributed by atoms with Crippen molar-refractivity contribution in [1.82, 2.24) is 5.32 Å². The summed E-state index contributed by atoms with van der Waals surface area (Å²) in [7, 11) is 0. The van der Waals surface area contributed by atoms with Gasteiger partial charge in [0.25, 0.3) is 5.91 Å². The Labute approximate surface area is 168 Å². The van der Waals surface area contributed by atoms with E-state index in [1.54, 1.807) is 0 Å². The molecule has 0 saturated carbocycles. The quantitative estimate of drug-likeness (QED) is 0.461. The Balaban J connectivity index is 1.54. The number of carbonyl (C=O) groups is 2. The van der Waals surface area contributed by atoms with E-state index >= 15 is 0 Å². The highest BCUT2D eigenvalue weighted by Crippen LogP contribution is 2.21. The molecule has 4 nitrogen and oxygen atoms in total. The molecular weight excluding hydrogens is 370 g/mol. The highest BCUT2D eigenvalue weighted by Gasteiger charge is 2.17. The number of ether oxygens (including phenoxy) is 1. The van der Waals surface area contributed by atoms with E-state index in [1.807, 2.05) is 91.0 Å². The van der Waals surface area contributed by atoms with E-state index in [2.05, 4.69) is 5.32 Å². The molecule has 0 radical (unpaired) electrons. The van der Waals surface area contributed by atoms with Crippen LogP contribution in [0.3, 0.4) is 0 Å². The van der Waals surface area contributed by atoms with E-state index in [4.69, 9.17) is 4.74 Å². The van der Waals surface area contributed by atoms with E-state index in [-0.39, 0.29) is 24.3 Å². The molecule has 0 atom stereocenters. The summed E-state index contributed by atoms with van der Waals surface area (Å²) in [6.07, 6.45) is 0. The Morgan fingerprint density at radius 3 is 1.82 bits per heavy atom. The average Bonchev–Trinajstić information content (AvgIpc) is 2.76. The molecule has 1 N–H and O–H groups in total. The summed E-state index contributed by atoms with van der Waals surface area (Å²) in [5.74, 6) is -0.589. The second-order valence-corrected chi connectivity index (χ2v) is 7.13. The normalized spacial score (nSPS) is 10.5. The third-order valence-corrected chi connectivity index (χ3v) is 5.02. The fourth-order valence-electron chi connectivity index (χ4n) is 2.70. The summed E-state index contributed by atoms with van der Waals surface area (Å²) in [6.45, 7) is -0.301. The molecule has 1 amide bonds. The molecule has 0 heterocycles. The number of esters is 1. The van der Waals surface area contributed by atoms with Crippen molar-refractivity contribution < 1.29 is 14.3 Å². The summed E-state index contributed by atoms with van der Waals surface area (Å²) in [4.78, 5) is 25.3. The molecule has 3 aromatic rings. The molecule has 0 fully saturated rings.